The second-order valence-electron chi connectivity index (χ2n) is 11.4. The van der Waals surface area contributed by atoms with E-state index in [4.69, 9.17) is 0 Å². The van der Waals surface area contributed by atoms with Gasteiger partial charge in [-0.1, -0.05) is 110 Å². The minimum atomic E-state index is -0.406. The fourth-order valence-corrected chi connectivity index (χ4v) is 11.0. The van der Waals surface area contributed by atoms with Crippen molar-refractivity contribution >= 4 is 48.6 Å². The fraction of sp³-hybridized carbons (Fsp3) is 0.0909. The van der Waals surface area contributed by atoms with Crippen LogP contribution in [0.1, 0.15) is 37.8 Å². The predicted molar refractivity (Wildman–Crippen MR) is 196 cm³/mol. The maximum atomic E-state index is 3.36. The van der Waals surface area contributed by atoms with Crippen molar-refractivity contribution in [1.29, 1.82) is 0 Å². The molecular weight excluding hydrogens is 806 g/mol. The van der Waals surface area contributed by atoms with Gasteiger partial charge in [-0.15, -0.1) is 12.8 Å². The number of benzene rings is 6. The van der Waals surface area contributed by atoms with Gasteiger partial charge in [0.25, 0.3) is 0 Å². The van der Waals surface area contributed by atoms with Gasteiger partial charge in [0.05, 0.1) is 0 Å². The molecule has 2 aliphatic rings. The molecule has 0 aromatic heterocycles. The summed E-state index contributed by atoms with van der Waals surface area (Å²) in [7, 11) is 0. The molecule has 4 heteroatoms. The van der Waals surface area contributed by atoms with Crippen molar-refractivity contribution in [2.75, 3.05) is 0 Å². The molecule has 2 aliphatic carbocycles. The third-order valence-electron chi connectivity index (χ3n) is 8.44. The summed E-state index contributed by atoms with van der Waals surface area (Å²) in [5, 5.41) is 8.35. The summed E-state index contributed by atoms with van der Waals surface area (Å²) in [4.78, 5) is 0. The van der Waals surface area contributed by atoms with Crippen LogP contribution in [0.2, 0.25) is 0 Å². The molecule has 0 aliphatic heterocycles. The van der Waals surface area contributed by atoms with Gasteiger partial charge in [-0.3, -0.25) is 12.2 Å². The SMILES string of the molecule is CC1=[C-]CC=C1c1cccc2ccccc12.CC1=[C-]CC=C1c1cccc2ccccc12.[Cl-].[Cl-].[Hf+2]=[Si](c1ccccc1)c1ccccc1. The van der Waals surface area contributed by atoms with Crippen molar-refractivity contribution in [3.05, 3.63) is 192 Å². The summed E-state index contributed by atoms with van der Waals surface area (Å²) >= 11 is 1.27. The Morgan fingerprint density at radius 1 is 0.458 bits per heavy atom. The molecule has 6 aromatic carbocycles. The summed E-state index contributed by atoms with van der Waals surface area (Å²) in [5.41, 5.74) is 7.50. The van der Waals surface area contributed by atoms with Crippen LogP contribution in [0.3, 0.4) is 0 Å². The first kappa shape index (κ1) is 37.3. The molecule has 0 atom stereocenters. The number of hydrogen-bond acceptors (Lipinski definition) is 0. The molecule has 8 rings (SSSR count). The molecule has 0 fully saturated rings. The van der Waals surface area contributed by atoms with Crippen LogP contribution in [0.25, 0.3) is 32.7 Å². The Balaban J connectivity index is 0.000000160. The van der Waals surface area contributed by atoms with Gasteiger partial charge >= 0.3 is 99.5 Å². The molecule has 0 nitrogen and oxygen atoms in total. The van der Waals surface area contributed by atoms with Gasteiger partial charge in [-0.05, 0) is 21.5 Å². The Kier molecular flexibility index (Phi) is 14.2. The summed E-state index contributed by atoms with van der Waals surface area (Å²) in [6.45, 7) is 4.28. The second-order valence-corrected chi connectivity index (χ2v) is 18.7. The van der Waals surface area contributed by atoms with Gasteiger partial charge in [0, 0.05) is 0 Å². The van der Waals surface area contributed by atoms with E-state index in [9.17, 15) is 0 Å². The number of hydrogen-bond donors (Lipinski definition) is 0. The summed E-state index contributed by atoms with van der Waals surface area (Å²) in [5.74, 6) is 0. The Bertz CT molecular complexity index is 1960. The Labute approximate surface area is 313 Å². The number of rotatable bonds is 4. The van der Waals surface area contributed by atoms with Gasteiger partial charge in [-0.2, -0.15) is 23.3 Å². The molecule has 48 heavy (non-hydrogen) atoms. The van der Waals surface area contributed by atoms with Gasteiger partial charge < -0.3 is 24.8 Å². The van der Waals surface area contributed by atoms with Crippen molar-refractivity contribution in [2.24, 2.45) is 0 Å². The van der Waals surface area contributed by atoms with E-state index in [1.165, 1.54) is 88.3 Å². The number of fused-ring (bicyclic) bond motifs is 2. The maximum absolute atomic E-state index is 3.36. The first-order chi connectivity index (χ1) is 22.6. The molecule has 0 spiro atoms. The third kappa shape index (κ3) is 8.92. The van der Waals surface area contributed by atoms with Gasteiger partial charge in [0.15, 0.2) is 0 Å². The van der Waals surface area contributed by atoms with Crippen molar-refractivity contribution in [2.45, 2.75) is 26.7 Å². The van der Waals surface area contributed by atoms with Gasteiger partial charge in [0.2, 0.25) is 0 Å². The minimum absolute atomic E-state index is 0. The molecule has 0 unspecified atom stereocenters. The normalized spacial score (nSPS) is 12.9. The zero-order chi connectivity index (χ0) is 31.7. The molecule has 0 amide bonds. The van der Waals surface area contributed by atoms with E-state index in [0.717, 1.165) is 12.8 Å². The molecule has 236 valence electrons. The van der Waals surface area contributed by atoms with Crippen LogP contribution in [-0.2, 0) is 23.0 Å². The van der Waals surface area contributed by atoms with Crippen LogP contribution < -0.4 is 35.2 Å². The van der Waals surface area contributed by atoms with Crippen LogP contribution in [-0.4, -0.2) is 5.49 Å². The third-order valence-corrected chi connectivity index (χ3v) is 16.5. The molecule has 0 saturated heterocycles. The zero-order valence-corrected chi connectivity index (χ0v) is 33.3. The quantitative estimate of drug-likeness (QED) is 0.186. The predicted octanol–water partition coefficient (Wildman–Crippen LogP) is 4.10. The van der Waals surface area contributed by atoms with Crippen LogP contribution in [0.15, 0.2) is 169 Å². The van der Waals surface area contributed by atoms with Crippen molar-refractivity contribution in [3.63, 3.8) is 0 Å². The van der Waals surface area contributed by atoms with E-state index in [0.29, 0.717) is 0 Å². The van der Waals surface area contributed by atoms with E-state index in [-0.39, 0.29) is 24.8 Å². The Morgan fingerprint density at radius 2 is 0.812 bits per heavy atom. The first-order valence-electron chi connectivity index (χ1n) is 15.8. The van der Waals surface area contributed by atoms with Gasteiger partial charge in [0.1, 0.15) is 0 Å². The number of halogens is 2. The van der Waals surface area contributed by atoms with Crippen LogP contribution >= 0.6 is 0 Å². The molecule has 6 aromatic rings. The van der Waals surface area contributed by atoms with E-state index < -0.39 is 5.49 Å². The molecule has 0 heterocycles. The molecule has 0 radical (unpaired) electrons. The number of allylic oxidation sites excluding steroid dienone is 8. The molecule has 0 bridgehead atoms. The summed E-state index contributed by atoms with van der Waals surface area (Å²) in [6.07, 6.45) is 13.1. The molecule has 0 N–H and O–H groups in total. The van der Waals surface area contributed by atoms with Crippen LogP contribution in [0, 0.1) is 12.2 Å². The fourth-order valence-electron chi connectivity index (χ4n) is 6.03. The Hall–Kier alpha value is -3.53. The van der Waals surface area contributed by atoms with E-state index in [2.05, 4.69) is 184 Å². The van der Waals surface area contributed by atoms with E-state index >= 15 is 0 Å². The summed E-state index contributed by atoms with van der Waals surface area (Å²) < 4.78 is 0. The average Bonchev–Trinajstić information content (AvgIpc) is 3.76. The topological polar surface area (TPSA) is 0 Å². The Morgan fingerprint density at radius 3 is 1.19 bits per heavy atom. The van der Waals surface area contributed by atoms with Crippen LogP contribution in [0.5, 0.6) is 0 Å². The monoisotopic (exact) mass is 842 g/mol. The van der Waals surface area contributed by atoms with Crippen molar-refractivity contribution in [1.82, 2.24) is 0 Å². The van der Waals surface area contributed by atoms with Crippen molar-refractivity contribution < 1.29 is 47.8 Å². The van der Waals surface area contributed by atoms with E-state index in [1.807, 2.05) is 0 Å². The zero-order valence-electron chi connectivity index (χ0n) is 27.2. The molecule has 0 saturated carbocycles. The molecular formula is C44H36Cl2HfSi-2. The average molecular weight is 842 g/mol. The van der Waals surface area contributed by atoms with Crippen LogP contribution in [0.4, 0.5) is 0 Å². The van der Waals surface area contributed by atoms with Gasteiger partial charge in [-0.25, -0.2) is 11.1 Å². The second kappa shape index (κ2) is 18.3. The van der Waals surface area contributed by atoms with Crippen molar-refractivity contribution in [3.8, 4) is 0 Å². The standard InChI is InChI=1S/2C16H13.C12H10Si.2ClH.Hf/c2*1-12-6-4-10-14(12)16-11-5-8-13-7-2-3-9-15(13)16;1-3-7-11(8-4-1)13-12-9-5-2-6-10-12;;;/h2*2-3,5,7-11H,4H2,1H3;1-10H;2*1H;/q2*-1;;;;+2/p-2. The summed E-state index contributed by atoms with van der Waals surface area (Å²) in [6, 6.07) is 51.8. The van der Waals surface area contributed by atoms with E-state index in [1.54, 1.807) is 0 Å². The first-order valence-corrected chi connectivity index (χ1v) is 22.7.